The van der Waals surface area contributed by atoms with Crippen LogP contribution in [0.1, 0.15) is 37.5 Å². The van der Waals surface area contributed by atoms with E-state index in [0.717, 1.165) is 47.6 Å². The van der Waals surface area contributed by atoms with Crippen LogP contribution in [0.15, 0.2) is 73.2 Å². The van der Waals surface area contributed by atoms with E-state index in [1.807, 2.05) is 25.1 Å². The van der Waals surface area contributed by atoms with Crippen molar-refractivity contribution in [3.05, 3.63) is 101 Å². The normalized spacial score (nSPS) is 17.7. The molecule has 0 saturated carbocycles. The van der Waals surface area contributed by atoms with E-state index < -0.39 is 23.7 Å². The Kier molecular flexibility index (Phi) is 8.26. The maximum atomic E-state index is 13.4. The summed E-state index contributed by atoms with van der Waals surface area (Å²) in [7, 11) is 0. The van der Waals surface area contributed by atoms with E-state index in [9.17, 15) is 27.9 Å². The number of rotatable bonds is 6. The molecule has 45 heavy (non-hydrogen) atoms. The van der Waals surface area contributed by atoms with Crippen molar-refractivity contribution >= 4 is 28.9 Å². The van der Waals surface area contributed by atoms with Crippen LogP contribution in [0.3, 0.4) is 0 Å². The number of nitrogens with zero attached hydrogens (tertiary/aromatic N) is 3. The Bertz CT molecular complexity index is 1760. The van der Waals surface area contributed by atoms with Crippen molar-refractivity contribution in [2.45, 2.75) is 25.6 Å². The van der Waals surface area contributed by atoms with Crippen molar-refractivity contribution in [3.8, 4) is 11.1 Å². The predicted molar refractivity (Wildman–Crippen MR) is 162 cm³/mol. The lowest BCUT2D eigenvalue weighted by Crippen LogP contribution is -2.53. The topological polar surface area (TPSA) is 117 Å². The van der Waals surface area contributed by atoms with E-state index in [1.54, 1.807) is 6.07 Å². The fraction of sp³-hybridized carbons (Fsp3) is 0.273. The zero-order chi connectivity index (χ0) is 31.7. The summed E-state index contributed by atoms with van der Waals surface area (Å²) < 4.78 is 45.0. The van der Waals surface area contributed by atoms with E-state index in [-0.39, 0.29) is 35.4 Å². The van der Waals surface area contributed by atoms with Crippen molar-refractivity contribution in [1.82, 2.24) is 9.97 Å². The second-order valence-corrected chi connectivity index (χ2v) is 11.1. The number of aryl methyl sites for hydroxylation is 1. The van der Waals surface area contributed by atoms with Crippen LogP contribution in [0.4, 0.5) is 30.2 Å². The van der Waals surface area contributed by atoms with Gasteiger partial charge in [0.05, 0.1) is 36.7 Å². The molecule has 3 N–H and O–H groups in total. The van der Waals surface area contributed by atoms with Gasteiger partial charge in [0, 0.05) is 48.4 Å². The van der Waals surface area contributed by atoms with Crippen LogP contribution in [-0.2, 0) is 17.3 Å². The molecule has 0 radical (unpaired) electrons. The highest BCUT2D eigenvalue weighted by Gasteiger charge is 2.36. The number of alkyl halides is 3. The van der Waals surface area contributed by atoms with Crippen molar-refractivity contribution in [3.63, 3.8) is 0 Å². The molecular weight excluding hydrogens is 587 g/mol. The summed E-state index contributed by atoms with van der Waals surface area (Å²) in [6.07, 6.45) is -0.409. The Balaban J connectivity index is 1.23. The van der Waals surface area contributed by atoms with Crippen molar-refractivity contribution < 1.29 is 32.6 Å². The second-order valence-electron chi connectivity index (χ2n) is 11.1. The van der Waals surface area contributed by atoms with E-state index >= 15 is 0 Å². The summed E-state index contributed by atoms with van der Waals surface area (Å²) in [5, 5.41) is 15.3. The minimum Gasteiger partial charge on any atom is -0.396 e. The highest BCUT2D eigenvalue weighted by molar-refractivity contribution is 6.12. The van der Waals surface area contributed by atoms with Gasteiger partial charge in [0.25, 0.3) is 11.8 Å². The molecule has 2 atom stereocenters. The molecule has 1 saturated heterocycles. The van der Waals surface area contributed by atoms with Gasteiger partial charge in [0.1, 0.15) is 5.69 Å². The Labute approximate surface area is 257 Å². The molecule has 0 unspecified atom stereocenters. The number of halogens is 3. The zero-order valence-electron chi connectivity index (χ0n) is 24.3. The van der Waals surface area contributed by atoms with Gasteiger partial charge >= 0.3 is 6.18 Å². The molecule has 2 aromatic carbocycles. The average molecular weight is 618 g/mol. The number of pyridine rings is 2. The van der Waals surface area contributed by atoms with Crippen LogP contribution < -0.4 is 15.5 Å². The van der Waals surface area contributed by atoms with Gasteiger partial charge in [0.2, 0.25) is 0 Å². The fourth-order valence-electron chi connectivity index (χ4n) is 5.91. The monoisotopic (exact) mass is 617 g/mol. The van der Waals surface area contributed by atoms with Crippen LogP contribution in [0.5, 0.6) is 0 Å². The molecule has 2 aliphatic heterocycles. The number of morpholine rings is 1. The van der Waals surface area contributed by atoms with E-state index in [4.69, 9.17) is 4.74 Å². The molecule has 2 aliphatic rings. The average Bonchev–Trinajstić information content (AvgIpc) is 3.05. The van der Waals surface area contributed by atoms with Gasteiger partial charge in [-0.1, -0.05) is 18.2 Å². The highest BCUT2D eigenvalue weighted by Crippen LogP contribution is 2.39. The molecule has 0 aliphatic carbocycles. The molecule has 4 aromatic rings. The third-order valence-electron chi connectivity index (χ3n) is 8.25. The van der Waals surface area contributed by atoms with Gasteiger partial charge in [-0.15, -0.1) is 0 Å². The summed E-state index contributed by atoms with van der Waals surface area (Å²) in [6.45, 7) is 4.01. The number of aliphatic hydroxyl groups excluding tert-OH is 1. The number of anilines is 3. The second kappa shape index (κ2) is 12.3. The molecule has 2 aromatic heterocycles. The van der Waals surface area contributed by atoms with Crippen LogP contribution >= 0.6 is 0 Å². The first kappa shape index (κ1) is 30.2. The van der Waals surface area contributed by atoms with Crippen molar-refractivity contribution in [1.29, 1.82) is 0 Å². The quantitative estimate of drug-likeness (QED) is 0.267. The van der Waals surface area contributed by atoms with Crippen LogP contribution in [0, 0.1) is 12.8 Å². The number of nitrogens with one attached hydrogen (secondary N) is 2. The van der Waals surface area contributed by atoms with Gasteiger partial charge in [-0.05, 0) is 72.0 Å². The standard InChI is InChI=1S/C33H30F3N5O4/c1-19-2-5-24(15-26(19)20-3-4-21-12-23(17-42)29-18-45-11-10-41(29)28(21)13-20)39-32(44)25-7-8-37-16-27(25)40-31(43)22-6-9-38-30(14-22)33(34,35)36/h2-9,13-16,23,29,42H,10-12,17-18H2,1H3,(H,39,44)(H,40,43)/t23-,29+/m1/s1. The van der Waals surface area contributed by atoms with Crippen molar-refractivity contribution in [2.24, 2.45) is 5.92 Å². The van der Waals surface area contributed by atoms with Gasteiger partial charge in [-0.2, -0.15) is 13.2 Å². The molecule has 0 bridgehead atoms. The summed E-state index contributed by atoms with van der Waals surface area (Å²) >= 11 is 0. The molecule has 232 valence electrons. The third kappa shape index (κ3) is 6.24. The first-order chi connectivity index (χ1) is 21.6. The predicted octanol–water partition coefficient (Wildman–Crippen LogP) is 5.35. The minimum absolute atomic E-state index is 0.0358. The van der Waals surface area contributed by atoms with Crippen LogP contribution in [0.25, 0.3) is 11.1 Å². The SMILES string of the molecule is Cc1ccc(NC(=O)c2ccncc2NC(=O)c2ccnc(C(F)(F)F)c2)cc1-c1ccc2c(c1)N1CCOC[C@H]1[C@@H](CO)C2. The number of amides is 2. The maximum Gasteiger partial charge on any atom is 0.433 e. The number of aromatic nitrogens is 2. The number of fused-ring (bicyclic) bond motifs is 3. The van der Waals surface area contributed by atoms with Gasteiger partial charge < -0.3 is 25.4 Å². The lowest BCUT2D eigenvalue weighted by Gasteiger charge is -2.46. The first-order valence-corrected chi connectivity index (χ1v) is 14.4. The number of carbonyl (C=O) groups is 2. The number of benzene rings is 2. The Morgan fingerprint density at radius 3 is 2.69 bits per heavy atom. The number of hydrogen-bond acceptors (Lipinski definition) is 7. The summed E-state index contributed by atoms with van der Waals surface area (Å²) in [6, 6.07) is 15.2. The molecule has 6 rings (SSSR count). The molecule has 12 heteroatoms. The largest absolute Gasteiger partial charge is 0.433 e. The Hall–Kier alpha value is -4.81. The van der Waals surface area contributed by atoms with E-state index in [1.165, 1.54) is 24.0 Å². The van der Waals surface area contributed by atoms with Crippen molar-refractivity contribution in [2.75, 3.05) is 41.9 Å². The van der Waals surface area contributed by atoms with Crippen LogP contribution in [-0.4, -0.2) is 59.3 Å². The van der Waals surface area contributed by atoms with Gasteiger partial charge in [-0.25, -0.2) is 0 Å². The molecule has 4 heterocycles. The molecule has 1 fully saturated rings. The number of carbonyl (C=O) groups excluding carboxylic acids is 2. The minimum atomic E-state index is -4.71. The first-order valence-electron chi connectivity index (χ1n) is 14.4. The fourth-order valence-corrected chi connectivity index (χ4v) is 5.91. The van der Waals surface area contributed by atoms with E-state index in [0.29, 0.717) is 25.0 Å². The number of hydrogen-bond donors (Lipinski definition) is 3. The zero-order valence-corrected chi connectivity index (χ0v) is 24.3. The van der Waals surface area contributed by atoms with Gasteiger partial charge in [-0.3, -0.25) is 19.6 Å². The smallest absolute Gasteiger partial charge is 0.396 e. The van der Waals surface area contributed by atoms with Gasteiger partial charge in [0.15, 0.2) is 0 Å². The third-order valence-corrected chi connectivity index (χ3v) is 8.25. The molecule has 0 spiro atoms. The summed E-state index contributed by atoms with van der Waals surface area (Å²) in [5.41, 5.74) is 4.35. The molecular formula is C33H30F3N5O4. The highest BCUT2D eigenvalue weighted by atomic mass is 19.4. The molecule has 2 amide bonds. The molecule has 9 nitrogen and oxygen atoms in total. The number of ether oxygens (including phenoxy) is 1. The number of aliphatic hydroxyl groups is 1. The maximum absolute atomic E-state index is 13.4. The lowest BCUT2D eigenvalue weighted by atomic mass is 9.84. The lowest BCUT2D eigenvalue weighted by molar-refractivity contribution is -0.141. The van der Waals surface area contributed by atoms with Crippen LogP contribution in [0.2, 0.25) is 0 Å². The summed E-state index contributed by atoms with van der Waals surface area (Å²) in [4.78, 5) is 35.8. The summed E-state index contributed by atoms with van der Waals surface area (Å²) in [5.74, 6) is -1.28. The Morgan fingerprint density at radius 2 is 1.89 bits per heavy atom. The Morgan fingerprint density at radius 1 is 1.04 bits per heavy atom. The van der Waals surface area contributed by atoms with E-state index in [2.05, 4.69) is 37.6 Å².